The van der Waals surface area contributed by atoms with Crippen molar-refractivity contribution in [2.24, 2.45) is 5.92 Å². The van der Waals surface area contributed by atoms with Crippen LogP contribution in [0.3, 0.4) is 0 Å². The number of aryl methyl sites for hydroxylation is 1. The van der Waals surface area contributed by atoms with E-state index in [0.29, 0.717) is 11.0 Å². The van der Waals surface area contributed by atoms with E-state index in [4.69, 9.17) is 0 Å². The first-order valence-corrected chi connectivity index (χ1v) is 8.13. The molecule has 1 unspecified atom stereocenters. The van der Waals surface area contributed by atoms with Gasteiger partial charge in [0.2, 0.25) is 10.1 Å². The summed E-state index contributed by atoms with van der Waals surface area (Å²) >= 11 is 1.45. The molecule has 20 heavy (non-hydrogen) atoms. The van der Waals surface area contributed by atoms with E-state index >= 15 is 0 Å². The zero-order valence-electron chi connectivity index (χ0n) is 11.9. The zero-order chi connectivity index (χ0) is 14.1. The molecule has 0 bridgehead atoms. The molecule has 6 heteroatoms. The summed E-state index contributed by atoms with van der Waals surface area (Å²) in [6.45, 7) is 4.17. The van der Waals surface area contributed by atoms with Gasteiger partial charge in [-0.15, -0.1) is 5.10 Å². The third-order valence-electron chi connectivity index (χ3n) is 3.74. The fourth-order valence-corrected chi connectivity index (χ4v) is 3.21. The largest absolute Gasteiger partial charge is 0.358 e. The van der Waals surface area contributed by atoms with Crippen LogP contribution in [-0.2, 0) is 6.42 Å². The highest BCUT2D eigenvalue weighted by molar-refractivity contribution is 7.20. The van der Waals surface area contributed by atoms with Crippen molar-refractivity contribution in [3.05, 3.63) is 22.1 Å². The normalized spacial score (nSPS) is 16.5. The summed E-state index contributed by atoms with van der Waals surface area (Å²) in [4.78, 5) is 17.0. The van der Waals surface area contributed by atoms with E-state index in [1.165, 1.54) is 35.1 Å². The molecule has 3 rings (SSSR count). The number of hydrogen-bond donors (Lipinski definition) is 1. The van der Waals surface area contributed by atoms with E-state index in [0.717, 1.165) is 29.6 Å². The van der Waals surface area contributed by atoms with Crippen LogP contribution in [0.2, 0.25) is 0 Å². The van der Waals surface area contributed by atoms with Gasteiger partial charge in [0.25, 0.3) is 5.56 Å². The van der Waals surface area contributed by atoms with Crippen LogP contribution in [0.4, 0.5) is 5.13 Å². The number of hydrogen-bond acceptors (Lipinski definition) is 5. The lowest BCUT2D eigenvalue weighted by molar-refractivity contribution is 0.609. The molecule has 0 radical (unpaired) electrons. The molecule has 2 aromatic heterocycles. The second-order valence-corrected chi connectivity index (χ2v) is 6.56. The summed E-state index contributed by atoms with van der Waals surface area (Å²) in [6.07, 6.45) is 6.00. The van der Waals surface area contributed by atoms with E-state index in [9.17, 15) is 4.79 Å². The summed E-state index contributed by atoms with van der Waals surface area (Å²) in [5.74, 6) is 0.950. The molecule has 5 nitrogen and oxygen atoms in total. The van der Waals surface area contributed by atoms with Gasteiger partial charge in [0.05, 0.1) is 0 Å². The maximum atomic E-state index is 11.9. The smallest absolute Gasteiger partial charge is 0.275 e. The predicted molar refractivity (Wildman–Crippen MR) is 81.6 cm³/mol. The van der Waals surface area contributed by atoms with Crippen molar-refractivity contribution in [3.8, 4) is 0 Å². The molecular formula is C14H20N4OS. The second-order valence-electron chi connectivity index (χ2n) is 5.61. The summed E-state index contributed by atoms with van der Waals surface area (Å²) in [7, 11) is 0. The third kappa shape index (κ3) is 3.00. The van der Waals surface area contributed by atoms with Crippen molar-refractivity contribution < 1.29 is 0 Å². The van der Waals surface area contributed by atoms with Gasteiger partial charge in [-0.1, -0.05) is 31.1 Å². The Morgan fingerprint density at radius 1 is 1.55 bits per heavy atom. The molecule has 0 saturated heterocycles. The predicted octanol–water partition coefficient (Wildman–Crippen LogP) is 2.70. The van der Waals surface area contributed by atoms with Crippen molar-refractivity contribution in [1.82, 2.24) is 14.6 Å². The van der Waals surface area contributed by atoms with Crippen LogP contribution in [0.25, 0.3) is 4.96 Å². The highest BCUT2D eigenvalue weighted by atomic mass is 32.1. The molecule has 1 aliphatic rings. The molecule has 2 aromatic rings. The van der Waals surface area contributed by atoms with Gasteiger partial charge in [-0.3, -0.25) is 4.79 Å². The lowest BCUT2D eigenvalue weighted by Crippen LogP contribution is -2.17. The van der Waals surface area contributed by atoms with E-state index in [1.807, 2.05) is 6.92 Å². The summed E-state index contributed by atoms with van der Waals surface area (Å²) in [5.41, 5.74) is 0.730. The fourth-order valence-electron chi connectivity index (χ4n) is 2.27. The first kappa shape index (κ1) is 13.5. The van der Waals surface area contributed by atoms with Crippen molar-refractivity contribution >= 4 is 21.4 Å². The van der Waals surface area contributed by atoms with Crippen LogP contribution in [-0.4, -0.2) is 20.6 Å². The molecule has 108 valence electrons. The molecule has 0 aromatic carbocycles. The van der Waals surface area contributed by atoms with Crippen LogP contribution in [0.1, 0.15) is 45.2 Å². The molecule has 1 atom stereocenters. The summed E-state index contributed by atoms with van der Waals surface area (Å²) < 4.78 is 1.39. The maximum Gasteiger partial charge on any atom is 0.275 e. The monoisotopic (exact) mass is 292 g/mol. The van der Waals surface area contributed by atoms with Crippen molar-refractivity contribution in [2.75, 3.05) is 5.32 Å². The number of fused-ring (bicyclic) bond motifs is 1. The fraction of sp³-hybridized carbons (Fsp3) is 0.643. The lowest BCUT2D eigenvalue weighted by Gasteiger charge is -2.11. The lowest BCUT2D eigenvalue weighted by atomic mass is 10.1. The molecule has 0 aliphatic heterocycles. The first-order chi connectivity index (χ1) is 9.65. The SMILES string of the molecule is CCc1cc(=O)n2nc(NC(C)CCC3CC3)sc2n1. The quantitative estimate of drug-likeness (QED) is 0.889. The van der Waals surface area contributed by atoms with Gasteiger partial charge in [-0.05, 0) is 32.1 Å². The standard InChI is InChI=1S/C14H20N4OS/c1-3-11-8-12(19)18-14(16-11)20-13(17-18)15-9(2)4-5-10-6-7-10/h8-10H,3-7H2,1-2H3,(H,15,17). The molecule has 2 heterocycles. The van der Waals surface area contributed by atoms with E-state index in [1.54, 1.807) is 6.07 Å². The minimum atomic E-state index is -0.0956. The van der Waals surface area contributed by atoms with Crippen molar-refractivity contribution in [1.29, 1.82) is 0 Å². The van der Waals surface area contributed by atoms with Crippen LogP contribution in [0.5, 0.6) is 0 Å². The maximum absolute atomic E-state index is 11.9. The van der Waals surface area contributed by atoms with Crippen molar-refractivity contribution in [2.45, 2.75) is 52.0 Å². The van der Waals surface area contributed by atoms with E-state index in [2.05, 4.69) is 22.3 Å². The minimum Gasteiger partial charge on any atom is -0.358 e. The first-order valence-electron chi connectivity index (χ1n) is 7.32. The molecule has 1 fully saturated rings. The Morgan fingerprint density at radius 2 is 2.35 bits per heavy atom. The topological polar surface area (TPSA) is 59.3 Å². The van der Waals surface area contributed by atoms with Gasteiger partial charge in [0.1, 0.15) is 0 Å². The third-order valence-corrected chi connectivity index (χ3v) is 4.57. The summed E-state index contributed by atoms with van der Waals surface area (Å²) in [5, 5.41) is 8.49. The van der Waals surface area contributed by atoms with E-state index < -0.39 is 0 Å². The average molecular weight is 292 g/mol. The number of nitrogens with one attached hydrogen (secondary N) is 1. The Bertz CT molecular complexity index is 659. The van der Waals surface area contributed by atoms with Crippen LogP contribution >= 0.6 is 11.3 Å². The molecule has 1 aliphatic carbocycles. The number of rotatable bonds is 6. The van der Waals surface area contributed by atoms with Gasteiger partial charge in [-0.2, -0.15) is 4.52 Å². The number of anilines is 1. The van der Waals surface area contributed by atoms with E-state index in [-0.39, 0.29) is 5.56 Å². The Morgan fingerprint density at radius 3 is 3.05 bits per heavy atom. The minimum absolute atomic E-state index is 0.0956. The molecule has 1 saturated carbocycles. The Kier molecular flexibility index (Phi) is 3.74. The molecule has 0 spiro atoms. The van der Waals surface area contributed by atoms with Crippen LogP contribution in [0.15, 0.2) is 10.9 Å². The number of nitrogens with zero attached hydrogens (tertiary/aromatic N) is 3. The number of aromatic nitrogens is 3. The van der Waals surface area contributed by atoms with Gasteiger partial charge in [-0.25, -0.2) is 4.98 Å². The molecule has 1 N–H and O–H groups in total. The highest BCUT2D eigenvalue weighted by Crippen LogP contribution is 2.34. The van der Waals surface area contributed by atoms with Gasteiger partial charge >= 0.3 is 0 Å². The van der Waals surface area contributed by atoms with Crippen molar-refractivity contribution in [3.63, 3.8) is 0 Å². The molecule has 0 amide bonds. The zero-order valence-corrected chi connectivity index (χ0v) is 12.7. The highest BCUT2D eigenvalue weighted by Gasteiger charge is 2.21. The average Bonchev–Trinajstić information content (AvgIpc) is 3.16. The van der Waals surface area contributed by atoms with Gasteiger partial charge in [0.15, 0.2) is 0 Å². The Hall–Kier alpha value is -1.43. The Labute approximate surface area is 122 Å². The van der Waals surface area contributed by atoms with Gasteiger partial charge in [0, 0.05) is 17.8 Å². The van der Waals surface area contributed by atoms with Crippen LogP contribution in [0, 0.1) is 5.92 Å². The van der Waals surface area contributed by atoms with Crippen LogP contribution < -0.4 is 10.9 Å². The second kappa shape index (κ2) is 5.52. The molecular weight excluding hydrogens is 272 g/mol. The summed E-state index contributed by atoms with van der Waals surface area (Å²) in [6, 6.07) is 1.95. The van der Waals surface area contributed by atoms with Gasteiger partial charge < -0.3 is 5.32 Å². The Balaban J connectivity index is 1.74.